The highest BCUT2D eigenvalue weighted by Crippen LogP contribution is 2.27. The first-order valence-corrected chi connectivity index (χ1v) is 7.26. The number of hydrogen-bond acceptors (Lipinski definition) is 3. The number of thiazole rings is 1. The van der Waals surface area contributed by atoms with Crippen molar-refractivity contribution >= 4 is 33.2 Å². The van der Waals surface area contributed by atoms with Crippen LogP contribution < -0.4 is 5.32 Å². The Morgan fingerprint density at radius 1 is 1.47 bits per heavy atom. The lowest BCUT2D eigenvalue weighted by molar-refractivity contribution is 0.376. The van der Waals surface area contributed by atoms with Gasteiger partial charge in [-0.25, -0.2) is 4.98 Å². The molecule has 3 rings (SSSR count). The van der Waals surface area contributed by atoms with Crippen LogP contribution in [0.5, 0.6) is 0 Å². The molecule has 0 saturated carbocycles. The van der Waals surface area contributed by atoms with Gasteiger partial charge in [-0.1, -0.05) is 11.6 Å². The van der Waals surface area contributed by atoms with Crippen molar-refractivity contribution in [2.24, 2.45) is 5.92 Å². The van der Waals surface area contributed by atoms with Gasteiger partial charge in [-0.2, -0.15) is 0 Å². The fourth-order valence-electron chi connectivity index (χ4n) is 2.38. The fourth-order valence-corrected chi connectivity index (χ4v) is 3.74. The molecule has 1 aromatic heterocycles. The lowest BCUT2D eigenvalue weighted by Gasteiger charge is -2.21. The van der Waals surface area contributed by atoms with Crippen LogP contribution in [0.4, 0.5) is 0 Å². The third-order valence-corrected chi connectivity index (χ3v) is 4.53. The van der Waals surface area contributed by atoms with Crippen LogP contribution in [0.2, 0.25) is 5.02 Å². The number of aromatic nitrogens is 1. The van der Waals surface area contributed by atoms with Gasteiger partial charge in [-0.05, 0) is 50.0 Å². The predicted molar refractivity (Wildman–Crippen MR) is 73.9 cm³/mol. The Hall–Kier alpha value is -0.640. The first-order valence-electron chi connectivity index (χ1n) is 6.07. The summed E-state index contributed by atoms with van der Waals surface area (Å²) in [6.45, 7) is 2.31. The molecule has 1 aliphatic rings. The second kappa shape index (κ2) is 4.92. The van der Waals surface area contributed by atoms with E-state index < -0.39 is 0 Å². The van der Waals surface area contributed by atoms with Gasteiger partial charge in [0.25, 0.3) is 0 Å². The molecular weight excluding hydrogens is 252 g/mol. The Morgan fingerprint density at radius 2 is 2.41 bits per heavy atom. The Balaban J connectivity index is 1.80. The highest BCUT2D eigenvalue weighted by atomic mass is 35.5. The van der Waals surface area contributed by atoms with Crippen molar-refractivity contribution in [1.82, 2.24) is 10.3 Å². The van der Waals surface area contributed by atoms with Crippen molar-refractivity contribution < 1.29 is 0 Å². The summed E-state index contributed by atoms with van der Waals surface area (Å²) >= 11 is 7.77. The number of nitrogens with zero attached hydrogens (tertiary/aromatic N) is 1. The molecule has 2 heterocycles. The lowest BCUT2D eigenvalue weighted by atomic mass is 9.97. The molecule has 1 aliphatic heterocycles. The smallest absolute Gasteiger partial charge is 0.0941 e. The van der Waals surface area contributed by atoms with Crippen molar-refractivity contribution in [2.45, 2.75) is 19.3 Å². The number of hydrogen-bond donors (Lipinski definition) is 1. The Morgan fingerprint density at radius 3 is 3.24 bits per heavy atom. The van der Waals surface area contributed by atoms with Gasteiger partial charge in [-0.3, -0.25) is 0 Å². The maximum atomic E-state index is 5.99. The summed E-state index contributed by atoms with van der Waals surface area (Å²) in [5, 5.41) is 5.50. The van der Waals surface area contributed by atoms with E-state index in [2.05, 4.69) is 10.3 Å². The third kappa shape index (κ3) is 2.62. The molecule has 2 aromatic rings. The summed E-state index contributed by atoms with van der Waals surface area (Å²) in [6.07, 6.45) is 3.72. The molecule has 1 atom stereocenters. The molecular formula is C13H15ClN2S. The number of benzene rings is 1. The quantitative estimate of drug-likeness (QED) is 0.900. The summed E-state index contributed by atoms with van der Waals surface area (Å²) in [4.78, 5) is 4.68. The minimum atomic E-state index is 0.750. The van der Waals surface area contributed by atoms with Gasteiger partial charge in [0, 0.05) is 11.4 Å². The molecule has 2 nitrogen and oxygen atoms in total. The number of piperidine rings is 1. The largest absolute Gasteiger partial charge is 0.316 e. The molecule has 1 N–H and O–H groups in total. The van der Waals surface area contributed by atoms with Crippen molar-refractivity contribution in [3.63, 3.8) is 0 Å². The number of nitrogens with one attached hydrogen (secondary N) is 1. The molecule has 1 fully saturated rings. The molecule has 1 saturated heterocycles. The minimum absolute atomic E-state index is 0.750. The van der Waals surface area contributed by atoms with Crippen LogP contribution in [-0.2, 0) is 6.42 Å². The Kier molecular flexibility index (Phi) is 3.32. The summed E-state index contributed by atoms with van der Waals surface area (Å²) in [5.41, 5.74) is 1.08. The van der Waals surface area contributed by atoms with Crippen LogP contribution in [0.3, 0.4) is 0 Å². The maximum Gasteiger partial charge on any atom is 0.0941 e. The standard InChI is InChI=1S/C13H15ClN2S/c14-10-3-4-11-12(7-10)17-13(16-11)6-9-2-1-5-15-8-9/h3-4,7,9,15H,1-2,5-6,8H2. The van der Waals surface area contributed by atoms with E-state index in [9.17, 15) is 0 Å². The Labute approximate surface area is 110 Å². The highest BCUT2D eigenvalue weighted by molar-refractivity contribution is 7.18. The Bertz CT molecular complexity index is 517. The van der Waals surface area contributed by atoms with E-state index in [0.717, 1.165) is 29.4 Å². The van der Waals surface area contributed by atoms with E-state index in [1.807, 2.05) is 18.2 Å². The molecule has 1 unspecified atom stereocenters. The van der Waals surface area contributed by atoms with Crippen molar-refractivity contribution in [3.05, 3.63) is 28.2 Å². The summed E-state index contributed by atoms with van der Waals surface area (Å²) < 4.78 is 1.20. The second-order valence-electron chi connectivity index (χ2n) is 4.64. The molecule has 90 valence electrons. The van der Waals surface area contributed by atoms with Crippen LogP contribution in [0, 0.1) is 5.92 Å². The van der Waals surface area contributed by atoms with Crippen LogP contribution in [0.15, 0.2) is 18.2 Å². The van der Waals surface area contributed by atoms with E-state index in [0.29, 0.717) is 0 Å². The van der Waals surface area contributed by atoms with Crippen molar-refractivity contribution in [2.75, 3.05) is 13.1 Å². The second-order valence-corrected chi connectivity index (χ2v) is 6.19. The zero-order valence-electron chi connectivity index (χ0n) is 9.58. The van der Waals surface area contributed by atoms with E-state index in [-0.39, 0.29) is 0 Å². The van der Waals surface area contributed by atoms with Crippen molar-refractivity contribution in [3.8, 4) is 0 Å². The van der Waals surface area contributed by atoms with Gasteiger partial charge < -0.3 is 5.32 Å². The van der Waals surface area contributed by atoms with Crippen LogP contribution in [-0.4, -0.2) is 18.1 Å². The van der Waals surface area contributed by atoms with Gasteiger partial charge in [0.05, 0.1) is 15.2 Å². The summed E-state index contributed by atoms with van der Waals surface area (Å²) in [6, 6.07) is 5.93. The van der Waals surface area contributed by atoms with Crippen LogP contribution in [0.25, 0.3) is 10.2 Å². The molecule has 0 radical (unpaired) electrons. The first-order chi connectivity index (χ1) is 8.31. The third-order valence-electron chi connectivity index (χ3n) is 3.26. The van der Waals surface area contributed by atoms with Crippen molar-refractivity contribution in [1.29, 1.82) is 0 Å². The molecule has 1 aromatic carbocycles. The number of fused-ring (bicyclic) bond motifs is 1. The van der Waals surface area contributed by atoms with E-state index in [4.69, 9.17) is 11.6 Å². The normalized spacial score (nSPS) is 20.9. The number of rotatable bonds is 2. The zero-order chi connectivity index (χ0) is 11.7. The van der Waals surface area contributed by atoms with Gasteiger partial charge in [-0.15, -0.1) is 11.3 Å². The maximum absolute atomic E-state index is 5.99. The van der Waals surface area contributed by atoms with Gasteiger partial charge >= 0.3 is 0 Å². The SMILES string of the molecule is Clc1ccc2nc(CC3CCCNC3)sc2c1. The zero-order valence-corrected chi connectivity index (χ0v) is 11.2. The fraction of sp³-hybridized carbons (Fsp3) is 0.462. The van der Waals surface area contributed by atoms with E-state index in [1.54, 1.807) is 11.3 Å². The highest BCUT2D eigenvalue weighted by Gasteiger charge is 2.15. The molecule has 0 amide bonds. The van der Waals surface area contributed by atoms with Gasteiger partial charge in [0.2, 0.25) is 0 Å². The minimum Gasteiger partial charge on any atom is -0.316 e. The summed E-state index contributed by atoms with van der Waals surface area (Å²) in [7, 11) is 0. The lowest BCUT2D eigenvalue weighted by Crippen LogP contribution is -2.30. The monoisotopic (exact) mass is 266 g/mol. The number of halogens is 1. The van der Waals surface area contributed by atoms with Crippen LogP contribution in [0.1, 0.15) is 17.8 Å². The first kappa shape index (κ1) is 11.5. The molecule has 0 spiro atoms. The van der Waals surface area contributed by atoms with E-state index >= 15 is 0 Å². The molecule has 4 heteroatoms. The average molecular weight is 267 g/mol. The van der Waals surface area contributed by atoms with Crippen LogP contribution >= 0.6 is 22.9 Å². The summed E-state index contributed by atoms with van der Waals surface area (Å²) in [5.74, 6) is 0.750. The average Bonchev–Trinajstić information content (AvgIpc) is 2.71. The topological polar surface area (TPSA) is 24.9 Å². The molecule has 17 heavy (non-hydrogen) atoms. The molecule has 0 bridgehead atoms. The van der Waals surface area contributed by atoms with Gasteiger partial charge in [0.1, 0.15) is 0 Å². The van der Waals surface area contributed by atoms with Gasteiger partial charge in [0.15, 0.2) is 0 Å². The predicted octanol–water partition coefficient (Wildman–Crippen LogP) is 3.49. The van der Waals surface area contributed by atoms with E-state index in [1.165, 1.54) is 29.1 Å². The molecule has 0 aliphatic carbocycles.